The molecule has 1 rings (SSSR count). The van der Waals surface area contributed by atoms with Crippen molar-refractivity contribution in [2.45, 2.75) is 40.5 Å². The molecule has 0 saturated carbocycles. The number of allylic oxidation sites excluding steroid dienone is 3. The van der Waals surface area contributed by atoms with E-state index in [0.29, 0.717) is 18.8 Å². The van der Waals surface area contributed by atoms with Crippen LogP contribution in [-0.4, -0.2) is 24.1 Å². The van der Waals surface area contributed by atoms with Crippen molar-refractivity contribution in [2.75, 3.05) is 12.4 Å². The minimum Gasteiger partial charge on any atom is -0.396 e. The highest BCUT2D eigenvalue weighted by molar-refractivity contribution is 8.31. The molecule has 1 aliphatic heterocycles. The number of oxime groups is 1. The zero-order valence-corrected chi connectivity index (χ0v) is 14.3. The molecular formula is C15H23F3N2OS. The fraction of sp³-hybridized carbons (Fsp3) is 0.600. The third-order valence-corrected chi connectivity index (χ3v) is 5.18. The van der Waals surface area contributed by atoms with Gasteiger partial charge in [0.2, 0.25) is 0 Å². The Morgan fingerprint density at radius 2 is 2.05 bits per heavy atom. The lowest BCUT2D eigenvalue weighted by Gasteiger charge is -2.22. The van der Waals surface area contributed by atoms with Gasteiger partial charge in [0.25, 0.3) is 0 Å². The Morgan fingerprint density at radius 1 is 1.36 bits per heavy atom. The number of hydrogen-bond acceptors (Lipinski definition) is 3. The van der Waals surface area contributed by atoms with Gasteiger partial charge in [-0.25, -0.2) is 4.39 Å². The fourth-order valence-corrected chi connectivity index (χ4v) is 4.20. The molecule has 126 valence electrons. The van der Waals surface area contributed by atoms with Gasteiger partial charge in [0.15, 0.2) is 5.83 Å². The molecule has 1 unspecified atom stereocenters. The average molecular weight is 336 g/mol. The molecule has 0 N–H and O–H groups in total. The Balaban J connectivity index is 2.86. The summed E-state index contributed by atoms with van der Waals surface area (Å²) >= 11 is 0. The second-order valence-corrected chi connectivity index (χ2v) is 7.97. The normalized spacial score (nSPS) is 20.0. The zero-order chi connectivity index (χ0) is 16.8. The van der Waals surface area contributed by atoms with Crippen LogP contribution in [0, 0.1) is 5.41 Å². The highest BCUT2D eigenvalue weighted by atomic mass is 32.2. The van der Waals surface area contributed by atoms with Gasteiger partial charge in [-0.05, 0) is 17.6 Å². The Labute approximate surface area is 132 Å². The van der Waals surface area contributed by atoms with Crippen molar-refractivity contribution in [2.24, 2.45) is 15.6 Å². The van der Waals surface area contributed by atoms with E-state index < -0.39 is 22.8 Å². The maximum absolute atomic E-state index is 13.0. The number of aliphatic imine (C=N–C) groups is 1. The molecule has 0 aromatic rings. The monoisotopic (exact) mass is 336 g/mol. The van der Waals surface area contributed by atoms with Crippen LogP contribution in [0.4, 0.5) is 13.2 Å². The lowest BCUT2D eigenvalue weighted by molar-refractivity contribution is 0.160. The molecule has 0 aliphatic carbocycles. The first-order valence-electron chi connectivity index (χ1n) is 7.15. The van der Waals surface area contributed by atoms with Crippen molar-refractivity contribution in [3.8, 4) is 0 Å². The Morgan fingerprint density at radius 3 is 2.59 bits per heavy atom. The van der Waals surface area contributed by atoms with Crippen LogP contribution in [0.25, 0.3) is 0 Å². The molecule has 1 atom stereocenters. The minimum atomic E-state index is -2.23. The lowest BCUT2D eigenvalue weighted by atomic mass is 9.91. The molecule has 0 spiro atoms. The van der Waals surface area contributed by atoms with Crippen LogP contribution in [0.3, 0.4) is 0 Å². The number of rotatable bonds is 7. The second-order valence-electron chi connectivity index (χ2n) is 5.81. The smallest absolute Gasteiger partial charge is 0.301 e. The van der Waals surface area contributed by atoms with Gasteiger partial charge in [-0.3, -0.25) is 4.99 Å². The highest BCUT2D eigenvalue weighted by Crippen LogP contribution is 2.48. The molecule has 0 aromatic carbocycles. The predicted octanol–water partition coefficient (Wildman–Crippen LogP) is 5.17. The molecule has 1 aliphatic rings. The topological polar surface area (TPSA) is 34.0 Å². The molecule has 0 amide bonds. The first-order chi connectivity index (χ1) is 10.3. The third-order valence-electron chi connectivity index (χ3n) is 3.00. The van der Waals surface area contributed by atoms with Gasteiger partial charge in [-0.15, -0.1) is 0 Å². The van der Waals surface area contributed by atoms with Crippen LogP contribution in [-0.2, 0) is 4.84 Å². The average Bonchev–Trinajstić information content (AvgIpc) is 2.83. The fourth-order valence-electron chi connectivity index (χ4n) is 2.00. The Kier molecular flexibility index (Phi) is 7.19. The maximum Gasteiger partial charge on any atom is 0.301 e. The van der Waals surface area contributed by atoms with E-state index in [1.54, 1.807) is 11.8 Å². The molecule has 0 radical (unpaired) electrons. The van der Waals surface area contributed by atoms with Crippen molar-refractivity contribution >= 4 is 22.7 Å². The van der Waals surface area contributed by atoms with Crippen molar-refractivity contribution in [3.05, 3.63) is 22.5 Å². The van der Waals surface area contributed by atoms with E-state index in [9.17, 15) is 13.2 Å². The Hall–Kier alpha value is -1.24. The summed E-state index contributed by atoms with van der Waals surface area (Å²) < 4.78 is 37.4. The molecule has 0 aromatic heterocycles. The summed E-state index contributed by atoms with van der Waals surface area (Å²) in [5, 5.41) is 3.82. The van der Waals surface area contributed by atoms with E-state index in [1.807, 2.05) is 27.7 Å². The van der Waals surface area contributed by atoms with E-state index in [1.165, 1.54) is 0 Å². The van der Waals surface area contributed by atoms with Gasteiger partial charge in [-0.2, -0.15) is 19.7 Å². The van der Waals surface area contributed by atoms with Crippen LogP contribution in [0.2, 0.25) is 0 Å². The highest BCUT2D eigenvalue weighted by Gasteiger charge is 2.27. The molecule has 0 bridgehead atoms. The standard InChI is InChI=1S/C15H23F3N2OS/c1-5-21-20-8-6-12-13(15(2,3)4)19-10-22(12)9-7-11(16)14(17)18/h8,10,22H,5-7,9H2,1-4H3/b20-8+. The third kappa shape index (κ3) is 5.51. The molecular weight excluding hydrogens is 313 g/mol. The molecule has 0 saturated heterocycles. The summed E-state index contributed by atoms with van der Waals surface area (Å²) in [6.07, 6.45) is -0.299. The predicted molar refractivity (Wildman–Crippen MR) is 88.5 cm³/mol. The van der Waals surface area contributed by atoms with E-state index in [2.05, 4.69) is 10.1 Å². The van der Waals surface area contributed by atoms with Crippen molar-refractivity contribution in [1.82, 2.24) is 0 Å². The van der Waals surface area contributed by atoms with E-state index in [-0.39, 0.29) is 11.8 Å². The Bertz CT molecular complexity index is 503. The summed E-state index contributed by atoms with van der Waals surface area (Å²) in [5.74, 6) is -0.998. The summed E-state index contributed by atoms with van der Waals surface area (Å²) in [6, 6.07) is 0. The van der Waals surface area contributed by atoms with Gasteiger partial charge >= 0.3 is 6.08 Å². The van der Waals surface area contributed by atoms with Gasteiger partial charge in [0, 0.05) is 30.0 Å². The molecule has 1 heterocycles. The number of hydrogen-bond donors (Lipinski definition) is 1. The van der Waals surface area contributed by atoms with Crippen molar-refractivity contribution < 1.29 is 18.0 Å². The second kappa shape index (κ2) is 8.41. The zero-order valence-electron chi connectivity index (χ0n) is 13.4. The van der Waals surface area contributed by atoms with Gasteiger partial charge in [0.05, 0.1) is 5.70 Å². The van der Waals surface area contributed by atoms with Gasteiger partial charge in [-0.1, -0.05) is 25.9 Å². The van der Waals surface area contributed by atoms with Crippen LogP contribution in [0.15, 0.2) is 32.7 Å². The van der Waals surface area contributed by atoms with E-state index in [0.717, 1.165) is 10.6 Å². The number of thiol groups is 1. The number of halogens is 3. The van der Waals surface area contributed by atoms with Crippen LogP contribution in [0.1, 0.15) is 40.5 Å². The summed E-state index contributed by atoms with van der Waals surface area (Å²) in [7, 11) is -0.857. The molecule has 3 nitrogen and oxygen atoms in total. The van der Waals surface area contributed by atoms with E-state index in [4.69, 9.17) is 4.84 Å². The van der Waals surface area contributed by atoms with Crippen molar-refractivity contribution in [1.29, 1.82) is 0 Å². The summed E-state index contributed by atoms with van der Waals surface area (Å²) in [5.41, 5.74) is 2.57. The summed E-state index contributed by atoms with van der Waals surface area (Å²) in [4.78, 5) is 10.4. The van der Waals surface area contributed by atoms with Gasteiger partial charge in [0.1, 0.15) is 6.61 Å². The quantitative estimate of drug-likeness (QED) is 0.388. The summed E-state index contributed by atoms with van der Waals surface area (Å²) in [6.45, 7) is 8.45. The van der Waals surface area contributed by atoms with Crippen LogP contribution >= 0.6 is 10.9 Å². The maximum atomic E-state index is 13.0. The minimum absolute atomic E-state index is 0.151. The van der Waals surface area contributed by atoms with Gasteiger partial charge < -0.3 is 4.84 Å². The number of nitrogens with zero attached hydrogens (tertiary/aromatic N) is 2. The molecule has 7 heteroatoms. The first-order valence-corrected chi connectivity index (χ1v) is 8.74. The van der Waals surface area contributed by atoms with E-state index >= 15 is 0 Å². The van der Waals surface area contributed by atoms with Crippen LogP contribution < -0.4 is 0 Å². The van der Waals surface area contributed by atoms with Crippen molar-refractivity contribution in [3.63, 3.8) is 0 Å². The largest absolute Gasteiger partial charge is 0.396 e. The first kappa shape index (κ1) is 18.8. The van der Waals surface area contributed by atoms with Crippen LogP contribution in [0.5, 0.6) is 0 Å². The SMILES string of the molecule is CCO/N=C/CC1=C(C(C)(C)C)N=C[SH]1CCC(F)=C(F)F. The lowest BCUT2D eigenvalue weighted by Crippen LogP contribution is -2.09. The molecule has 22 heavy (non-hydrogen) atoms. The molecule has 0 fully saturated rings.